The van der Waals surface area contributed by atoms with E-state index in [0.29, 0.717) is 13.1 Å². The van der Waals surface area contributed by atoms with Crippen LogP contribution in [0.5, 0.6) is 0 Å². The standard InChI is InChI=1S/C8H12N4O/c9-4-1-2-5-12-6-3-7(10)11-8(12)13/h1-3,6H,4-5,9H2,(H2,10,11,13)/b2-1-. The lowest BCUT2D eigenvalue weighted by atomic mass is 10.4. The van der Waals surface area contributed by atoms with Crippen molar-refractivity contribution in [3.63, 3.8) is 0 Å². The predicted molar refractivity (Wildman–Crippen MR) is 51.1 cm³/mol. The molecule has 13 heavy (non-hydrogen) atoms. The van der Waals surface area contributed by atoms with E-state index < -0.39 is 0 Å². The molecule has 1 heterocycles. The van der Waals surface area contributed by atoms with Gasteiger partial charge in [0, 0.05) is 19.3 Å². The first-order valence-electron chi connectivity index (χ1n) is 3.92. The minimum atomic E-state index is -0.346. The predicted octanol–water partition coefficient (Wildman–Crippen LogP) is -0.660. The summed E-state index contributed by atoms with van der Waals surface area (Å²) in [4.78, 5) is 14.7. The molecule has 0 aliphatic carbocycles. The number of anilines is 1. The average molecular weight is 180 g/mol. The van der Waals surface area contributed by atoms with E-state index in [4.69, 9.17) is 11.5 Å². The first-order valence-corrected chi connectivity index (χ1v) is 3.92. The maximum atomic E-state index is 11.1. The van der Waals surface area contributed by atoms with E-state index in [1.165, 1.54) is 4.57 Å². The van der Waals surface area contributed by atoms with Crippen LogP contribution in [0.2, 0.25) is 0 Å². The van der Waals surface area contributed by atoms with Gasteiger partial charge in [-0.3, -0.25) is 4.57 Å². The van der Waals surface area contributed by atoms with E-state index in [9.17, 15) is 4.79 Å². The van der Waals surface area contributed by atoms with Crippen LogP contribution in [0.4, 0.5) is 5.82 Å². The second-order valence-corrected chi connectivity index (χ2v) is 2.49. The monoisotopic (exact) mass is 180 g/mol. The van der Waals surface area contributed by atoms with Crippen LogP contribution in [0.15, 0.2) is 29.2 Å². The molecule has 0 saturated heterocycles. The molecular formula is C8H12N4O. The number of hydrogen-bond donors (Lipinski definition) is 2. The Hall–Kier alpha value is -1.62. The molecule has 0 amide bonds. The van der Waals surface area contributed by atoms with Gasteiger partial charge in [0.2, 0.25) is 0 Å². The molecule has 0 unspecified atom stereocenters. The van der Waals surface area contributed by atoms with Gasteiger partial charge in [0.25, 0.3) is 0 Å². The van der Waals surface area contributed by atoms with Gasteiger partial charge in [-0.15, -0.1) is 0 Å². The van der Waals surface area contributed by atoms with Gasteiger partial charge in [-0.1, -0.05) is 12.2 Å². The Balaban J connectivity index is 2.78. The van der Waals surface area contributed by atoms with E-state index in [0.717, 1.165) is 0 Å². The van der Waals surface area contributed by atoms with Gasteiger partial charge < -0.3 is 11.5 Å². The van der Waals surface area contributed by atoms with Crippen LogP contribution >= 0.6 is 0 Å². The Morgan fingerprint density at radius 1 is 1.54 bits per heavy atom. The molecule has 1 aromatic heterocycles. The maximum Gasteiger partial charge on any atom is 0.349 e. The van der Waals surface area contributed by atoms with Crippen molar-refractivity contribution in [3.8, 4) is 0 Å². The van der Waals surface area contributed by atoms with Crippen molar-refractivity contribution in [1.29, 1.82) is 0 Å². The molecule has 0 fully saturated rings. The lowest BCUT2D eigenvalue weighted by Crippen LogP contribution is -2.22. The van der Waals surface area contributed by atoms with Crippen molar-refractivity contribution in [2.45, 2.75) is 6.54 Å². The van der Waals surface area contributed by atoms with Gasteiger partial charge in [-0.05, 0) is 6.07 Å². The third-order valence-corrected chi connectivity index (χ3v) is 1.50. The fourth-order valence-corrected chi connectivity index (χ4v) is 0.865. The van der Waals surface area contributed by atoms with Gasteiger partial charge >= 0.3 is 5.69 Å². The Kier molecular flexibility index (Phi) is 3.22. The lowest BCUT2D eigenvalue weighted by molar-refractivity contribution is 0.744. The Morgan fingerprint density at radius 3 is 2.92 bits per heavy atom. The topological polar surface area (TPSA) is 86.9 Å². The van der Waals surface area contributed by atoms with Gasteiger partial charge in [-0.25, -0.2) is 4.79 Å². The summed E-state index contributed by atoms with van der Waals surface area (Å²) in [5, 5.41) is 0. The maximum absolute atomic E-state index is 11.1. The Morgan fingerprint density at radius 2 is 2.31 bits per heavy atom. The van der Waals surface area contributed by atoms with E-state index in [2.05, 4.69) is 4.98 Å². The minimum absolute atomic E-state index is 0.240. The van der Waals surface area contributed by atoms with Gasteiger partial charge in [0.15, 0.2) is 0 Å². The summed E-state index contributed by atoms with van der Waals surface area (Å²) in [5.74, 6) is 0.240. The minimum Gasteiger partial charge on any atom is -0.383 e. The molecule has 0 aliphatic heterocycles. The van der Waals surface area contributed by atoms with Crippen molar-refractivity contribution in [1.82, 2.24) is 9.55 Å². The fraction of sp³-hybridized carbons (Fsp3) is 0.250. The van der Waals surface area contributed by atoms with Crippen molar-refractivity contribution in [3.05, 3.63) is 34.9 Å². The number of nitrogen functional groups attached to an aromatic ring is 1. The molecule has 5 heteroatoms. The highest BCUT2D eigenvalue weighted by Gasteiger charge is 1.93. The number of rotatable bonds is 3. The third-order valence-electron chi connectivity index (χ3n) is 1.50. The first kappa shape index (κ1) is 9.47. The van der Waals surface area contributed by atoms with Crippen LogP contribution < -0.4 is 17.2 Å². The molecule has 5 nitrogen and oxygen atoms in total. The highest BCUT2D eigenvalue weighted by Crippen LogP contribution is 1.89. The molecule has 0 bridgehead atoms. The molecule has 0 aromatic carbocycles. The largest absolute Gasteiger partial charge is 0.383 e. The van der Waals surface area contributed by atoms with Crippen molar-refractivity contribution < 1.29 is 0 Å². The Bertz CT molecular complexity index is 355. The summed E-state index contributed by atoms with van der Waals surface area (Å²) in [5.41, 5.74) is 10.2. The number of allylic oxidation sites excluding steroid dienone is 1. The zero-order chi connectivity index (χ0) is 9.68. The highest BCUT2D eigenvalue weighted by atomic mass is 16.1. The molecule has 0 saturated carbocycles. The van der Waals surface area contributed by atoms with E-state index in [1.807, 2.05) is 0 Å². The number of nitrogens with zero attached hydrogens (tertiary/aromatic N) is 2. The smallest absolute Gasteiger partial charge is 0.349 e. The molecule has 0 radical (unpaired) electrons. The molecule has 4 N–H and O–H groups in total. The van der Waals surface area contributed by atoms with Crippen LogP contribution in [0, 0.1) is 0 Å². The van der Waals surface area contributed by atoms with Crippen molar-refractivity contribution in [2.75, 3.05) is 12.3 Å². The second kappa shape index (κ2) is 4.42. The molecule has 1 aromatic rings. The van der Waals surface area contributed by atoms with Gasteiger partial charge in [0.05, 0.1) is 0 Å². The van der Waals surface area contributed by atoms with Gasteiger partial charge in [0.1, 0.15) is 5.82 Å². The van der Waals surface area contributed by atoms with Crippen LogP contribution in [-0.4, -0.2) is 16.1 Å². The number of aromatic nitrogens is 2. The summed E-state index contributed by atoms with van der Waals surface area (Å²) in [7, 11) is 0. The zero-order valence-electron chi connectivity index (χ0n) is 7.18. The Labute approximate surface area is 75.7 Å². The first-order chi connectivity index (χ1) is 6.24. The van der Waals surface area contributed by atoms with Crippen molar-refractivity contribution in [2.24, 2.45) is 5.73 Å². The molecule has 1 rings (SSSR count). The van der Waals surface area contributed by atoms with E-state index in [-0.39, 0.29) is 11.5 Å². The SMILES string of the molecule is NC/C=C\Cn1ccc(N)nc1=O. The normalized spacial score (nSPS) is 10.8. The molecule has 0 atom stereocenters. The molecular weight excluding hydrogens is 168 g/mol. The average Bonchev–Trinajstić information content (AvgIpc) is 2.09. The number of hydrogen-bond acceptors (Lipinski definition) is 4. The summed E-state index contributed by atoms with van der Waals surface area (Å²) in [6, 6.07) is 1.58. The molecule has 70 valence electrons. The summed E-state index contributed by atoms with van der Waals surface area (Å²) < 4.78 is 1.45. The number of nitrogens with two attached hydrogens (primary N) is 2. The van der Waals surface area contributed by atoms with Crippen LogP contribution in [-0.2, 0) is 6.54 Å². The van der Waals surface area contributed by atoms with Gasteiger partial charge in [-0.2, -0.15) is 4.98 Å². The molecule has 0 aliphatic rings. The van der Waals surface area contributed by atoms with Crippen LogP contribution in [0.25, 0.3) is 0 Å². The zero-order valence-corrected chi connectivity index (χ0v) is 7.18. The molecule has 0 spiro atoms. The van der Waals surface area contributed by atoms with Crippen LogP contribution in [0.3, 0.4) is 0 Å². The lowest BCUT2D eigenvalue weighted by Gasteiger charge is -1.99. The summed E-state index contributed by atoms with van der Waals surface area (Å²) >= 11 is 0. The third kappa shape index (κ3) is 2.72. The van der Waals surface area contributed by atoms with Crippen molar-refractivity contribution >= 4 is 5.82 Å². The highest BCUT2D eigenvalue weighted by molar-refractivity contribution is 5.23. The summed E-state index contributed by atoms with van der Waals surface area (Å²) in [6.07, 6.45) is 5.19. The fourth-order valence-electron chi connectivity index (χ4n) is 0.865. The quantitative estimate of drug-likeness (QED) is 0.604. The van der Waals surface area contributed by atoms with Crippen LogP contribution in [0.1, 0.15) is 0 Å². The second-order valence-electron chi connectivity index (χ2n) is 2.49. The van der Waals surface area contributed by atoms with E-state index in [1.54, 1.807) is 24.4 Å². The summed E-state index contributed by atoms with van der Waals surface area (Å²) in [6.45, 7) is 0.945. The van der Waals surface area contributed by atoms with E-state index >= 15 is 0 Å².